The first kappa shape index (κ1) is 26.7. The van der Waals surface area contributed by atoms with Crippen LogP contribution >= 0.6 is 0 Å². The Labute approximate surface area is 214 Å². The number of carbonyl (C=O) groups is 3. The van der Waals surface area contributed by atoms with Gasteiger partial charge in [0.05, 0.1) is 12.7 Å². The fraction of sp³-hybridized carbons (Fsp3) is 0.519. The van der Waals surface area contributed by atoms with Crippen LogP contribution in [0.5, 0.6) is 11.5 Å². The first-order chi connectivity index (χ1) is 17.2. The highest BCUT2D eigenvalue weighted by Gasteiger charge is 2.59. The average molecular weight is 515 g/mol. The van der Waals surface area contributed by atoms with Gasteiger partial charge in [-0.25, -0.2) is 0 Å². The second-order valence-corrected chi connectivity index (χ2v) is 11.3. The number of amides is 1. The van der Waals surface area contributed by atoms with Crippen LogP contribution in [0, 0.1) is 17.3 Å². The summed E-state index contributed by atoms with van der Waals surface area (Å²) in [5, 5.41) is 46.9. The van der Waals surface area contributed by atoms with E-state index in [0.717, 1.165) is 13.0 Å². The van der Waals surface area contributed by atoms with E-state index in [4.69, 9.17) is 10.5 Å². The summed E-state index contributed by atoms with van der Waals surface area (Å²) in [4.78, 5) is 38.4. The summed E-state index contributed by atoms with van der Waals surface area (Å²) < 4.78 is 5.67. The third-order valence-electron chi connectivity index (χ3n) is 7.66. The van der Waals surface area contributed by atoms with Gasteiger partial charge in [-0.1, -0.05) is 20.8 Å². The number of rotatable bonds is 6. The third-order valence-corrected chi connectivity index (χ3v) is 7.66. The van der Waals surface area contributed by atoms with E-state index in [0.29, 0.717) is 23.4 Å². The topological polar surface area (TPSA) is 179 Å². The van der Waals surface area contributed by atoms with Crippen LogP contribution in [-0.2, 0) is 22.6 Å². The summed E-state index contributed by atoms with van der Waals surface area (Å²) in [5.74, 6) is -6.07. The number of ketones is 2. The lowest BCUT2D eigenvalue weighted by Gasteiger charge is -2.45. The van der Waals surface area contributed by atoms with Crippen LogP contribution in [0.3, 0.4) is 0 Å². The summed E-state index contributed by atoms with van der Waals surface area (Å²) in [6, 6.07) is 1.44. The maximum atomic E-state index is 13.6. The summed E-state index contributed by atoms with van der Waals surface area (Å²) in [6.07, 6.45) is 0.930. The number of carbonyl (C=O) groups excluding carboxylic acids is 3. The van der Waals surface area contributed by atoms with Gasteiger partial charge in [0, 0.05) is 35.6 Å². The third kappa shape index (κ3) is 4.27. The van der Waals surface area contributed by atoms with Gasteiger partial charge in [-0.3, -0.25) is 14.4 Å². The first-order valence-corrected chi connectivity index (χ1v) is 12.3. The number of ether oxygens (including phenoxy) is 1. The van der Waals surface area contributed by atoms with Crippen molar-refractivity contribution >= 4 is 17.5 Å². The number of hydrogen-bond donors (Lipinski definition) is 6. The van der Waals surface area contributed by atoms with Gasteiger partial charge < -0.3 is 36.2 Å². The van der Waals surface area contributed by atoms with Gasteiger partial charge in [0.15, 0.2) is 11.4 Å². The number of aliphatic hydroxyl groups is 3. The van der Waals surface area contributed by atoms with Crippen LogP contribution in [0.25, 0.3) is 0 Å². The van der Waals surface area contributed by atoms with E-state index in [-0.39, 0.29) is 41.6 Å². The summed E-state index contributed by atoms with van der Waals surface area (Å²) in [6.45, 7) is 7.56. The lowest BCUT2D eigenvalue weighted by atomic mass is 9.60. The van der Waals surface area contributed by atoms with Crippen molar-refractivity contribution in [1.29, 1.82) is 0 Å². The van der Waals surface area contributed by atoms with Crippen molar-refractivity contribution < 1.29 is 39.5 Å². The number of aromatic hydroxyl groups is 1. The quantitative estimate of drug-likeness (QED) is 0.245. The minimum Gasteiger partial charge on any atom is -0.511 e. The monoisotopic (exact) mass is 514 g/mol. The number of methoxy groups -OCH3 is 1. The van der Waals surface area contributed by atoms with E-state index in [1.165, 1.54) is 13.2 Å². The van der Waals surface area contributed by atoms with Crippen LogP contribution < -0.4 is 15.8 Å². The van der Waals surface area contributed by atoms with Gasteiger partial charge >= 0.3 is 0 Å². The van der Waals surface area contributed by atoms with Gasteiger partial charge in [0.25, 0.3) is 5.91 Å². The largest absolute Gasteiger partial charge is 0.511 e. The van der Waals surface area contributed by atoms with Gasteiger partial charge in [-0.05, 0) is 43.2 Å². The molecule has 4 rings (SSSR count). The normalized spacial score (nSPS) is 25.5. The fourth-order valence-electron chi connectivity index (χ4n) is 5.80. The van der Waals surface area contributed by atoms with E-state index in [1.807, 2.05) is 0 Å². The molecule has 1 unspecified atom stereocenters. The highest BCUT2D eigenvalue weighted by atomic mass is 16.5. The Balaban J connectivity index is 1.75. The highest BCUT2D eigenvalue weighted by molar-refractivity contribution is 6.24. The van der Waals surface area contributed by atoms with Crippen LogP contribution in [0.4, 0.5) is 0 Å². The molecule has 0 radical (unpaired) electrons. The van der Waals surface area contributed by atoms with E-state index < -0.39 is 52.0 Å². The molecule has 0 heterocycles. The minimum atomic E-state index is -2.58. The molecular weight excluding hydrogens is 480 g/mol. The lowest BCUT2D eigenvalue weighted by molar-refractivity contribution is -0.144. The van der Waals surface area contributed by atoms with Crippen molar-refractivity contribution in [3.8, 4) is 11.5 Å². The number of benzene rings is 1. The Morgan fingerprint density at radius 3 is 2.49 bits per heavy atom. The minimum absolute atomic E-state index is 0.0630. The zero-order valence-corrected chi connectivity index (χ0v) is 21.5. The van der Waals surface area contributed by atoms with E-state index in [1.54, 1.807) is 0 Å². The number of hydrogen-bond acceptors (Lipinski definition) is 9. The predicted molar refractivity (Wildman–Crippen MR) is 133 cm³/mol. The number of phenolic OH excluding ortho intramolecular Hbond substituents is 1. The molecule has 0 saturated heterocycles. The molecule has 1 aromatic carbocycles. The number of allylic oxidation sites excluding steroid dienone is 2. The molecule has 0 aromatic heterocycles. The number of phenols is 1. The Hall–Kier alpha value is -3.37. The van der Waals surface area contributed by atoms with Gasteiger partial charge in [0.2, 0.25) is 5.78 Å². The van der Waals surface area contributed by atoms with Gasteiger partial charge in [-0.2, -0.15) is 0 Å². The molecule has 0 aliphatic heterocycles. The number of nitrogens with one attached hydrogen (secondary N) is 1. The number of aliphatic hydroxyl groups excluding tert-OH is 2. The Bertz CT molecular complexity index is 1260. The molecule has 3 aliphatic carbocycles. The molecule has 0 spiro atoms. The molecule has 200 valence electrons. The highest BCUT2D eigenvalue weighted by Crippen LogP contribution is 2.52. The van der Waals surface area contributed by atoms with E-state index in [2.05, 4.69) is 26.1 Å². The molecular formula is C27H34N2O8. The van der Waals surface area contributed by atoms with Crippen molar-refractivity contribution in [2.24, 2.45) is 23.0 Å². The molecule has 0 saturated carbocycles. The van der Waals surface area contributed by atoms with Crippen LogP contribution in [0.2, 0.25) is 0 Å². The summed E-state index contributed by atoms with van der Waals surface area (Å²) >= 11 is 0. The molecule has 3 atom stereocenters. The molecule has 10 nitrogen and oxygen atoms in total. The molecule has 10 heteroatoms. The first-order valence-electron chi connectivity index (χ1n) is 12.3. The molecule has 1 aromatic rings. The lowest BCUT2D eigenvalue weighted by Crippen LogP contribution is -2.57. The number of fused-ring (bicyclic) bond motifs is 3. The van der Waals surface area contributed by atoms with Crippen molar-refractivity contribution in [2.45, 2.75) is 58.6 Å². The van der Waals surface area contributed by atoms with Crippen molar-refractivity contribution in [3.05, 3.63) is 45.4 Å². The van der Waals surface area contributed by atoms with Crippen LogP contribution in [0.15, 0.2) is 28.7 Å². The van der Waals surface area contributed by atoms with Crippen LogP contribution in [-0.4, -0.2) is 57.2 Å². The van der Waals surface area contributed by atoms with Crippen molar-refractivity contribution in [1.82, 2.24) is 5.32 Å². The maximum Gasteiger partial charge on any atom is 0.255 e. The number of primary amides is 1. The molecule has 7 N–H and O–H groups in total. The zero-order chi connectivity index (χ0) is 27.4. The fourth-order valence-corrected chi connectivity index (χ4v) is 5.80. The van der Waals surface area contributed by atoms with Crippen molar-refractivity contribution in [3.63, 3.8) is 0 Å². The Kier molecular flexibility index (Phi) is 6.62. The predicted octanol–water partition coefficient (Wildman–Crippen LogP) is 2.11. The second kappa shape index (κ2) is 9.18. The molecule has 37 heavy (non-hydrogen) atoms. The molecule has 0 bridgehead atoms. The van der Waals surface area contributed by atoms with Gasteiger partial charge in [0.1, 0.15) is 28.6 Å². The van der Waals surface area contributed by atoms with E-state index in [9.17, 15) is 34.8 Å². The summed E-state index contributed by atoms with van der Waals surface area (Å²) in [7, 11) is 1.48. The number of nitrogens with two attached hydrogens (primary N) is 1. The standard InChI is InChI=1S/C27H34N2O8/c1-26(2,3)5-6-29-11-13-9-16(30)19-15(22(13)37-4)8-12-7-14-10-17(31)20(25(28)35)24(34)27(14,36)23(33)18(12)21(19)32/h9,12,14,29-31,33,36H,5-8,10-11H2,1-4H3,(H2,28,35)/t12?,14-,27-/m0/s1. The smallest absolute Gasteiger partial charge is 0.255 e. The zero-order valence-electron chi connectivity index (χ0n) is 21.5. The molecule has 0 fully saturated rings. The van der Waals surface area contributed by atoms with Crippen molar-refractivity contribution in [2.75, 3.05) is 13.7 Å². The molecule has 3 aliphatic rings. The van der Waals surface area contributed by atoms with Crippen LogP contribution in [0.1, 0.15) is 61.5 Å². The maximum absolute atomic E-state index is 13.6. The second-order valence-electron chi connectivity index (χ2n) is 11.3. The SMILES string of the molecule is COc1c(CNCCC(C)(C)C)cc(O)c2c1CC1C[C@H]3CC(O)=C(C(N)=O)C(=O)[C@@]3(O)C(O)=C1C2=O. The molecule has 1 amide bonds. The number of Topliss-reactive ketones (excluding diaryl/α,β-unsaturated/α-hetero) is 2. The summed E-state index contributed by atoms with van der Waals surface area (Å²) in [5.41, 5.74) is 2.89. The Morgan fingerprint density at radius 1 is 1.22 bits per heavy atom. The average Bonchev–Trinajstić information content (AvgIpc) is 2.78. The van der Waals surface area contributed by atoms with Gasteiger partial charge in [-0.15, -0.1) is 0 Å². The Morgan fingerprint density at radius 2 is 1.89 bits per heavy atom. The van der Waals surface area contributed by atoms with E-state index >= 15 is 0 Å².